The number of aryl methyl sites for hydroxylation is 1. The number of halogens is 1. The summed E-state index contributed by atoms with van der Waals surface area (Å²) in [5.41, 5.74) is 6.90. The Balaban J connectivity index is 2.77. The molecule has 0 fully saturated rings. The van der Waals surface area contributed by atoms with Crippen LogP contribution in [0.5, 0.6) is 0 Å². The van der Waals surface area contributed by atoms with Crippen LogP contribution in [0.2, 0.25) is 5.02 Å². The highest BCUT2D eigenvalue weighted by Crippen LogP contribution is 2.35. The van der Waals surface area contributed by atoms with Gasteiger partial charge in [-0.3, -0.25) is 0 Å². The van der Waals surface area contributed by atoms with Crippen LogP contribution < -0.4 is 5.73 Å². The first-order valence-electron chi connectivity index (χ1n) is 4.48. The number of nitrogens with two attached hydrogens (primary N) is 1. The van der Waals surface area contributed by atoms with Crippen molar-refractivity contribution in [1.29, 1.82) is 0 Å². The molecule has 1 aromatic carbocycles. The first-order chi connectivity index (χ1) is 7.54. The van der Waals surface area contributed by atoms with Crippen LogP contribution in [0.4, 0.5) is 5.69 Å². The van der Waals surface area contributed by atoms with Gasteiger partial charge in [-0.05, 0) is 13.0 Å². The van der Waals surface area contributed by atoms with Gasteiger partial charge in [0.25, 0.3) is 0 Å². The first kappa shape index (κ1) is 11.2. The molecule has 0 radical (unpaired) electrons. The van der Waals surface area contributed by atoms with Crippen LogP contribution in [-0.4, -0.2) is 18.1 Å². The number of rotatable bonds is 1. The van der Waals surface area contributed by atoms with Crippen LogP contribution in [0.25, 0.3) is 10.2 Å². The topological polar surface area (TPSA) is 65.2 Å². The Morgan fingerprint density at radius 1 is 1.62 bits per heavy atom. The summed E-state index contributed by atoms with van der Waals surface area (Å²) < 4.78 is 5.47. The molecule has 2 rings (SSSR count). The highest BCUT2D eigenvalue weighted by atomic mass is 35.5. The van der Waals surface area contributed by atoms with E-state index in [1.165, 1.54) is 18.4 Å². The molecule has 0 aliphatic rings. The number of carbonyl (C=O) groups excluding carboxylic acids is 1. The number of nitrogens with zero attached hydrogens (tertiary/aromatic N) is 1. The van der Waals surface area contributed by atoms with E-state index in [2.05, 4.69) is 9.72 Å². The molecule has 2 aromatic rings. The number of aromatic nitrogens is 1. The predicted molar refractivity (Wildman–Crippen MR) is 65.1 cm³/mol. The first-order valence-corrected chi connectivity index (χ1v) is 5.67. The van der Waals surface area contributed by atoms with Crippen molar-refractivity contribution in [3.8, 4) is 0 Å². The number of hydrogen-bond acceptors (Lipinski definition) is 5. The van der Waals surface area contributed by atoms with Gasteiger partial charge in [0.05, 0.1) is 33.1 Å². The molecule has 0 saturated heterocycles. The Morgan fingerprint density at radius 3 is 2.94 bits per heavy atom. The average molecular weight is 257 g/mol. The third kappa shape index (κ3) is 1.62. The lowest BCUT2D eigenvalue weighted by atomic mass is 10.1. The van der Waals surface area contributed by atoms with E-state index in [0.29, 0.717) is 10.5 Å². The lowest BCUT2D eigenvalue weighted by Gasteiger charge is -2.05. The highest BCUT2D eigenvalue weighted by molar-refractivity contribution is 7.18. The second-order valence-corrected chi connectivity index (χ2v) is 4.84. The normalized spacial score (nSPS) is 10.7. The van der Waals surface area contributed by atoms with Gasteiger partial charge in [0.2, 0.25) is 0 Å². The van der Waals surface area contributed by atoms with Gasteiger partial charge < -0.3 is 10.5 Å². The third-order valence-corrected chi connectivity index (χ3v) is 3.48. The number of hydrogen-bond donors (Lipinski definition) is 1. The molecule has 0 aliphatic heterocycles. The Hall–Kier alpha value is -1.33. The minimum absolute atomic E-state index is 0.214. The second kappa shape index (κ2) is 3.92. The summed E-state index contributed by atoms with van der Waals surface area (Å²) in [5.74, 6) is -0.493. The Kier molecular flexibility index (Phi) is 2.73. The van der Waals surface area contributed by atoms with Gasteiger partial charge in [-0.2, -0.15) is 0 Å². The lowest BCUT2D eigenvalue weighted by molar-refractivity contribution is 0.0602. The Labute approximate surface area is 101 Å². The van der Waals surface area contributed by atoms with Gasteiger partial charge in [-0.15, -0.1) is 11.3 Å². The van der Waals surface area contributed by atoms with Crippen LogP contribution >= 0.6 is 22.9 Å². The molecule has 2 N–H and O–H groups in total. The fraction of sp³-hybridized carbons (Fsp3) is 0.200. The molecule has 0 spiro atoms. The number of benzene rings is 1. The summed E-state index contributed by atoms with van der Waals surface area (Å²) in [5, 5.41) is 1.18. The van der Waals surface area contributed by atoms with Crippen molar-refractivity contribution < 1.29 is 9.53 Å². The maximum Gasteiger partial charge on any atom is 0.340 e. The SMILES string of the molecule is COC(=O)c1cc2sc(C)nc2c(Cl)c1N. The molecule has 0 atom stereocenters. The van der Waals surface area contributed by atoms with Crippen molar-refractivity contribution in [3.05, 3.63) is 21.7 Å². The molecule has 1 aromatic heterocycles. The van der Waals surface area contributed by atoms with Crippen molar-refractivity contribution in [3.63, 3.8) is 0 Å². The molecule has 6 heteroatoms. The van der Waals surface area contributed by atoms with Gasteiger partial charge in [0, 0.05) is 0 Å². The lowest BCUT2D eigenvalue weighted by Crippen LogP contribution is -2.06. The van der Waals surface area contributed by atoms with Gasteiger partial charge in [0.15, 0.2) is 0 Å². The third-order valence-electron chi connectivity index (χ3n) is 2.18. The van der Waals surface area contributed by atoms with Crippen LogP contribution in [0, 0.1) is 6.92 Å². The minimum atomic E-state index is -0.493. The number of esters is 1. The minimum Gasteiger partial charge on any atom is -0.465 e. The van der Waals surface area contributed by atoms with Crippen molar-refractivity contribution in [2.75, 3.05) is 12.8 Å². The van der Waals surface area contributed by atoms with Crippen LogP contribution in [0.1, 0.15) is 15.4 Å². The molecule has 0 aliphatic carbocycles. The van der Waals surface area contributed by atoms with Gasteiger partial charge >= 0.3 is 5.97 Å². The van der Waals surface area contributed by atoms with E-state index < -0.39 is 5.97 Å². The quantitative estimate of drug-likeness (QED) is 0.629. The predicted octanol–water partition coefficient (Wildman–Crippen LogP) is 2.63. The molecule has 1 heterocycles. The van der Waals surface area contributed by atoms with E-state index >= 15 is 0 Å². The molecule has 16 heavy (non-hydrogen) atoms. The number of ether oxygens (including phenoxy) is 1. The molecule has 4 nitrogen and oxygen atoms in total. The molecule has 84 valence electrons. The van der Waals surface area contributed by atoms with E-state index in [1.54, 1.807) is 6.07 Å². The molecule has 0 amide bonds. The molecular formula is C10H9ClN2O2S. The second-order valence-electron chi connectivity index (χ2n) is 3.22. The summed E-state index contributed by atoms with van der Waals surface area (Å²) in [6, 6.07) is 1.66. The van der Waals surface area contributed by atoms with Crippen molar-refractivity contribution in [2.45, 2.75) is 6.92 Å². The van der Waals surface area contributed by atoms with E-state index in [-0.39, 0.29) is 11.3 Å². The molecule has 0 bridgehead atoms. The van der Waals surface area contributed by atoms with Crippen LogP contribution in [-0.2, 0) is 4.74 Å². The number of methoxy groups -OCH3 is 1. The van der Waals surface area contributed by atoms with E-state index in [4.69, 9.17) is 17.3 Å². The van der Waals surface area contributed by atoms with Gasteiger partial charge in [-0.1, -0.05) is 11.6 Å². The monoisotopic (exact) mass is 256 g/mol. The summed E-state index contributed by atoms with van der Waals surface area (Å²) >= 11 is 7.52. The molecule has 0 saturated carbocycles. The molecular weight excluding hydrogens is 248 g/mol. The van der Waals surface area contributed by atoms with Crippen LogP contribution in [0.15, 0.2) is 6.07 Å². The summed E-state index contributed by atoms with van der Waals surface area (Å²) in [4.78, 5) is 15.7. The average Bonchev–Trinajstić information content (AvgIpc) is 2.63. The fourth-order valence-electron chi connectivity index (χ4n) is 1.43. The number of fused-ring (bicyclic) bond motifs is 1. The fourth-order valence-corrected chi connectivity index (χ4v) is 2.61. The summed E-state index contributed by atoms with van der Waals surface area (Å²) in [7, 11) is 1.30. The van der Waals surface area contributed by atoms with Crippen LogP contribution in [0.3, 0.4) is 0 Å². The largest absolute Gasteiger partial charge is 0.465 e. The smallest absolute Gasteiger partial charge is 0.340 e. The summed E-state index contributed by atoms with van der Waals surface area (Å²) in [6.07, 6.45) is 0. The van der Waals surface area contributed by atoms with Gasteiger partial charge in [0.1, 0.15) is 5.52 Å². The molecule has 0 unspecified atom stereocenters. The number of thiazole rings is 1. The zero-order chi connectivity index (χ0) is 11.9. The Bertz CT molecular complexity index is 580. The van der Waals surface area contributed by atoms with E-state index in [9.17, 15) is 4.79 Å². The van der Waals surface area contributed by atoms with Crippen molar-refractivity contribution in [2.24, 2.45) is 0 Å². The zero-order valence-electron chi connectivity index (χ0n) is 8.70. The van der Waals surface area contributed by atoms with Gasteiger partial charge in [-0.25, -0.2) is 9.78 Å². The summed E-state index contributed by atoms with van der Waals surface area (Å²) in [6.45, 7) is 1.87. The number of nitrogen functional groups attached to an aromatic ring is 1. The van der Waals surface area contributed by atoms with Crippen molar-refractivity contribution >= 4 is 44.8 Å². The zero-order valence-corrected chi connectivity index (χ0v) is 10.3. The maximum absolute atomic E-state index is 11.5. The standard InChI is InChI=1S/C10H9ClN2O2S/c1-4-13-9-6(16-4)3-5(10(14)15-2)8(12)7(9)11/h3H,12H2,1-2H3. The van der Waals surface area contributed by atoms with E-state index in [1.807, 2.05) is 6.92 Å². The number of carbonyl (C=O) groups is 1. The maximum atomic E-state index is 11.5. The Morgan fingerprint density at radius 2 is 2.31 bits per heavy atom. The van der Waals surface area contributed by atoms with E-state index in [0.717, 1.165) is 9.71 Å². The van der Waals surface area contributed by atoms with Crippen molar-refractivity contribution in [1.82, 2.24) is 4.98 Å². The highest BCUT2D eigenvalue weighted by Gasteiger charge is 2.17. The number of anilines is 1.